The molecule has 6 heteroatoms. The van der Waals surface area contributed by atoms with Crippen LogP contribution in [0.5, 0.6) is 0 Å². The van der Waals surface area contributed by atoms with Crippen molar-refractivity contribution >= 4 is 11.9 Å². The van der Waals surface area contributed by atoms with Gasteiger partial charge < -0.3 is 20.3 Å². The van der Waals surface area contributed by atoms with Gasteiger partial charge in [0.15, 0.2) is 0 Å². The van der Waals surface area contributed by atoms with E-state index in [-0.39, 0.29) is 18.5 Å². The molecule has 0 heterocycles. The minimum Gasteiger partial charge on any atom is -0.466 e. The van der Waals surface area contributed by atoms with Gasteiger partial charge in [0, 0.05) is 12.8 Å². The predicted octanol–water partition coefficient (Wildman–Crippen LogP) is 19.6. The van der Waals surface area contributed by atoms with E-state index < -0.39 is 12.1 Å². The number of aliphatic hydroxyl groups is 2. The fraction of sp³-hybridized carbons (Fsp3) is 0.875. The van der Waals surface area contributed by atoms with Gasteiger partial charge in [-0.1, -0.05) is 288 Å². The summed E-state index contributed by atoms with van der Waals surface area (Å²) in [4.78, 5) is 24.5. The number of carbonyl (C=O) groups is 2. The number of allylic oxidation sites excluding steroid dienone is 5. The third-order valence-corrected chi connectivity index (χ3v) is 14.4. The van der Waals surface area contributed by atoms with E-state index in [0.29, 0.717) is 19.4 Å². The van der Waals surface area contributed by atoms with Crippen molar-refractivity contribution in [1.82, 2.24) is 5.32 Å². The third-order valence-electron chi connectivity index (χ3n) is 14.4. The van der Waals surface area contributed by atoms with Crippen molar-refractivity contribution in [3.63, 3.8) is 0 Å². The Morgan fingerprint density at radius 3 is 1.09 bits per heavy atom. The summed E-state index contributed by atoms with van der Waals surface area (Å²) >= 11 is 0. The quantitative estimate of drug-likeness (QED) is 0.0321. The lowest BCUT2D eigenvalue weighted by molar-refractivity contribution is -0.143. The lowest BCUT2D eigenvalue weighted by Crippen LogP contribution is -2.45. The van der Waals surface area contributed by atoms with E-state index in [2.05, 4.69) is 43.5 Å². The molecule has 0 aliphatic rings. The molecule has 0 aliphatic heterocycles. The molecule has 412 valence electrons. The number of ether oxygens (including phenoxy) is 1. The number of carbonyl (C=O) groups excluding carboxylic acids is 2. The molecule has 0 bridgehead atoms. The highest BCUT2D eigenvalue weighted by Crippen LogP contribution is 2.17. The van der Waals surface area contributed by atoms with Gasteiger partial charge in [-0.3, -0.25) is 9.59 Å². The molecule has 0 fully saturated rings. The number of esters is 1. The van der Waals surface area contributed by atoms with Crippen LogP contribution in [-0.4, -0.2) is 47.4 Å². The molecule has 70 heavy (non-hydrogen) atoms. The van der Waals surface area contributed by atoms with Gasteiger partial charge in [0.1, 0.15) is 0 Å². The molecule has 0 aromatic heterocycles. The van der Waals surface area contributed by atoms with Crippen LogP contribution >= 0.6 is 0 Å². The zero-order valence-electron chi connectivity index (χ0n) is 47.0. The molecule has 2 unspecified atom stereocenters. The summed E-state index contributed by atoms with van der Waals surface area (Å²) in [6, 6.07) is -0.641. The number of unbranched alkanes of at least 4 members (excludes halogenated alkanes) is 43. The Morgan fingerprint density at radius 1 is 0.400 bits per heavy atom. The third kappa shape index (κ3) is 55.4. The van der Waals surface area contributed by atoms with Crippen LogP contribution in [0.15, 0.2) is 36.5 Å². The lowest BCUT2D eigenvalue weighted by Gasteiger charge is -2.20. The normalized spacial score (nSPS) is 12.8. The molecule has 0 rings (SSSR count). The van der Waals surface area contributed by atoms with Crippen LogP contribution in [0.2, 0.25) is 0 Å². The molecule has 0 saturated heterocycles. The summed E-state index contributed by atoms with van der Waals surface area (Å²) in [7, 11) is 0. The maximum atomic E-state index is 12.5. The molecule has 0 aromatic carbocycles. The van der Waals surface area contributed by atoms with Crippen molar-refractivity contribution in [1.29, 1.82) is 0 Å². The lowest BCUT2D eigenvalue weighted by atomic mass is 10.0. The molecule has 0 spiro atoms. The molecule has 6 nitrogen and oxygen atoms in total. The second-order valence-corrected chi connectivity index (χ2v) is 21.4. The zero-order valence-corrected chi connectivity index (χ0v) is 47.0. The average molecular weight is 985 g/mol. The highest BCUT2D eigenvalue weighted by Gasteiger charge is 2.18. The molecular weight excluding hydrogens is 863 g/mol. The Kier molecular flexibility index (Phi) is 58.0. The number of rotatable bonds is 58. The average Bonchev–Trinajstić information content (AvgIpc) is 3.36. The van der Waals surface area contributed by atoms with Crippen molar-refractivity contribution in [3.8, 4) is 0 Å². The van der Waals surface area contributed by atoms with Crippen molar-refractivity contribution in [2.75, 3.05) is 13.2 Å². The Balaban J connectivity index is 3.51. The summed E-state index contributed by atoms with van der Waals surface area (Å²) in [5.74, 6) is -0.0944. The Hall–Kier alpha value is -1.92. The van der Waals surface area contributed by atoms with E-state index in [0.717, 1.165) is 83.5 Å². The van der Waals surface area contributed by atoms with Crippen molar-refractivity contribution in [2.24, 2.45) is 0 Å². The fourth-order valence-corrected chi connectivity index (χ4v) is 9.61. The van der Waals surface area contributed by atoms with Crippen LogP contribution in [0, 0.1) is 0 Å². The Labute approximate surface area is 436 Å². The van der Waals surface area contributed by atoms with E-state index in [1.54, 1.807) is 6.08 Å². The first-order chi connectivity index (χ1) is 34.5. The van der Waals surface area contributed by atoms with Gasteiger partial charge >= 0.3 is 5.97 Å². The predicted molar refractivity (Wildman–Crippen MR) is 306 cm³/mol. The van der Waals surface area contributed by atoms with Crippen molar-refractivity contribution in [2.45, 2.75) is 347 Å². The monoisotopic (exact) mass is 984 g/mol. The maximum absolute atomic E-state index is 12.5. The molecule has 3 N–H and O–H groups in total. The smallest absolute Gasteiger partial charge is 0.305 e. The van der Waals surface area contributed by atoms with Crippen LogP contribution in [0.1, 0.15) is 335 Å². The molecule has 0 aromatic rings. The fourth-order valence-electron chi connectivity index (χ4n) is 9.61. The molecule has 0 radical (unpaired) electrons. The summed E-state index contributed by atoms with van der Waals surface area (Å²) in [5.41, 5.74) is 0. The first-order valence-corrected chi connectivity index (χ1v) is 31.3. The molecule has 0 aliphatic carbocycles. The van der Waals surface area contributed by atoms with Gasteiger partial charge in [0.2, 0.25) is 5.91 Å². The van der Waals surface area contributed by atoms with E-state index in [1.807, 2.05) is 6.08 Å². The van der Waals surface area contributed by atoms with E-state index in [9.17, 15) is 19.8 Å². The summed E-state index contributed by atoms with van der Waals surface area (Å²) in [6.45, 7) is 4.88. The number of hydrogen-bond acceptors (Lipinski definition) is 5. The largest absolute Gasteiger partial charge is 0.466 e. The van der Waals surface area contributed by atoms with E-state index >= 15 is 0 Å². The van der Waals surface area contributed by atoms with Gasteiger partial charge in [-0.2, -0.15) is 0 Å². The van der Waals surface area contributed by atoms with Gasteiger partial charge in [-0.15, -0.1) is 0 Å². The zero-order chi connectivity index (χ0) is 50.7. The second-order valence-electron chi connectivity index (χ2n) is 21.4. The van der Waals surface area contributed by atoms with Crippen molar-refractivity contribution in [3.05, 3.63) is 36.5 Å². The second kappa shape index (κ2) is 59.6. The topological polar surface area (TPSA) is 95.9 Å². The molecular formula is C64H121NO5. The Bertz CT molecular complexity index is 1130. The first-order valence-electron chi connectivity index (χ1n) is 31.3. The molecule has 0 saturated carbocycles. The highest BCUT2D eigenvalue weighted by molar-refractivity contribution is 5.76. The number of aliphatic hydroxyl groups excluding tert-OH is 2. The van der Waals surface area contributed by atoms with Gasteiger partial charge in [-0.25, -0.2) is 0 Å². The summed E-state index contributed by atoms with van der Waals surface area (Å²) in [5, 5.41) is 23.2. The minimum absolute atomic E-state index is 0.0127. The van der Waals surface area contributed by atoms with Crippen LogP contribution in [0.4, 0.5) is 0 Å². The Morgan fingerprint density at radius 2 is 0.714 bits per heavy atom. The highest BCUT2D eigenvalue weighted by atomic mass is 16.5. The number of nitrogens with one attached hydrogen (secondary N) is 1. The maximum Gasteiger partial charge on any atom is 0.305 e. The van der Waals surface area contributed by atoms with Crippen LogP contribution in [0.25, 0.3) is 0 Å². The van der Waals surface area contributed by atoms with Crippen LogP contribution < -0.4 is 5.32 Å². The summed E-state index contributed by atoms with van der Waals surface area (Å²) < 4.78 is 5.46. The first kappa shape index (κ1) is 68.1. The number of hydrogen-bond donors (Lipinski definition) is 3. The number of amides is 1. The minimum atomic E-state index is -0.856. The van der Waals surface area contributed by atoms with Crippen molar-refractivity contribution < 1.29 is 24.5 Å². The van der Waals surface area contributed by atoms with Crippen LogP contribution in [0.3, 0.4) is 0 Å². The van der Waals surface area contributed by atoms with E-state index in [4.69, 9.17) is 4.74 Å². The summed E-state index contributed by atoms with van der Waals surface area (Å²) in [6.07, 6.45) is 74.7. The van der Waals surface area contributed by atoms with Gasteiger partial charge in [0.25, 0.3) is 0 Å². The van der Waals surface area contributed by atoms with Gasteiger partial charge in [-0.05, 0) is 70.6 Å². The SMILES string of the molecule is CCCCCCCCCCCCCCCCCCCC/C=C/C(O)C(CO)NC(=O)CCCCCCCCC/C=C\C/C=C\CCCCCOC(=O)CCCCCCCCCCCCCCCCCC. The molecule has 2 atom stereocenters. The van der Waals surface area contributed by atoms with Gasteiger partial charge in [0.05, 0.1) is 25.4 Å². The van der Waals surface area contributed by atoms with E-state index in [1.165, 1.54) is 225 Å². The molecule has 1 amide bonds. The standard InChI is InChI=1S/C64H121NO5/c1-3-5-7-9-11-13-15-17-19-21-22-23-25-28-32-36-40-44-48-52-56-62(67)61(60-66)65-63(68)57-53-49-45-41-37-33-29-26-24-27-31-35-39-43-47-51-55-59-70-64(69)58-54-50-46-42-38-34-30-20-18-16-14-12-10-8-6-4-2/h24,27,35,39,52,56,61-62,66-67H,3-23,25-26,28-34,36-38,40-51,53-55,57-60H2,1-2H3,(H,65,68)/b27-24-,39-35-,56-52+. The van der Waals surface area contributed by atoms with Crippen LogP contribution in [-0.2, 0) is 14.3 Å².